The van der Waals surface area contributed by atoms with E-state index in [0.29, 0.717) is 0 Å². The van der Waals surface area contributed by atoms with E-state index < -0.39 is 49.9 Å². The van der Waals surface area contributed by atoms with Crippen LogP contribution in [0.15, 0.2) is 64.0 Å². The molecule has 4 N–H and O–H groups in total. The third kappa shape index (κ3) is 5.70. The van der Waals surface area contributed by atoms with E-state index in [1.54, 1.807) is 18.2 Å². The molecule has 3 rings (SSSR count). The number of para-hydroxylation sites is 1. The molecule has 0 fully saturated rings. The highest BCUT2D eigenvalue weighted by Gasteiger charge is 2.35. The third-order valence-corrected chi connectivity index (χ3v) is 5.74. The van der Waals surface area contributed by atoms with E-state index in [-0.39, 0.29) is 11.5 Å². The standard InChI is InChI=1S/C18H20N3O9P/c1-11(17(24)25)20-31(27,30-12-5-3-2-4-6-12)28-10-13-9-14(22)16(29-13)21-8-7-15(23)19-18(21)26/h2-9,11,14,16,22H,10H2,1H3,(H,20,27)(H,24,25)(H,19,23,26)/t11?,14-,16-,31+/m1/s1. The predicted molar refractivity (Wildman–Crippen MR) is 106 cm³/mol. The molecule has 1 aliphatic rings. The van der Waals surface area contributed by atoms with Gasteiger partial charge >= 0.3 is 19.4 Å². The number of aliphatic hydroxyl groups excluding tert-OH is 1. The van der Waals surface area contributed by atoms with Crippen LogP contribution in [-0.2, 0) is 18.6 Å². The summed E-state index contributed by atoms with van der Waals surface area (Å²) in [5.41, 5.74) is -1.40. The number of nitrogens with zero attached hydrogens (tertiary/aromatic N) is 1. The van der Waals surface area contributed by atoms with Crippen molar-refractivity contribution in [2.24, 2.45) is 0 Å². The summed E-state index contributed by atoms with van der Waals surface area (Å²) in [7, 11) is -4.18. The summed E-state index contributed by atoms with van der Waals surface area (Å²) in [5.74, 6) is -1.07. The zero-order valence-electron chi connectivity index (χ0n) is 16.2. The van der Waals surface area contributed by atoms with Gasteiger partial charge in [-0.05, 0) is 25.1 Å². The van der Waals surface area contributed by atoms with Gasteiger partial charge in [0.2, 0.25) is 6.23 Å². The highest BCUT2D eigenvalue weighted by Crippen LogP contribution is 2.45. The Balaban J connectivity index is 1.72. The molecule has 1 aromatic heterocycles. The van der Waals surface area contributed by atoms with Crippen LogP contribution in [0.4, 0.5) is 0 Å². The molecule has 0 radical (unpaired) electrons. The topological polar surface area (TPSA) is 169 Å². The van der Waals surface area contributed by atoms with Crippen LogP contribution < -0.4 is 20.9 Å². The zero-order chi connectivity index (χ0) is 22.6. The average Bonchev–Trinajstić information content (AvgIpc) is 3.07. The second-order valence-corrected chi connectivity index (χ2v) is 8.21. The molecule has 2 aromatic rings. The lowest BCUT2D eigenvalue weighted by Gasteiger charge is -2.22. The predicted octanol–water partition coefficient (Wildman–Crippen LogP) is 0.577. The molecule has 13 heteroatoms. The lowest BCUT2D eigenvalue weighted by Crippen LogP contribution is -2.35. The monoisotopic (exact) mass is 453 g/mol. The Kier molecular flexibility index (Phi) is 6.76. The summed E-state index contributed by atoms with van der Waals surface area (Å²) in [4.78, 5) is 36.3. The number of benzene rings is 1. The number of H-pyrrole nitrogens is 1. The van der Waals surface area contributed by atoms with Gasteiger partial charge in [-0.2, -0.15) is 5.09 Å². The Morgan fingerprint density at radius 2 is 2.03 bits per heavy atom. The van der Waals surface area contributed by atoms with E-state index in [1.807, 2.05) is 4.98 Å². The molecule has 12 nitrogen and oxygen atoms in total. The molecule has 4 atom stereocenters. The molecule has 166 valence electrons. The molecule has 0 amide bonds. The van der Waals surface area contributed by atoms with E-state index in [1.165, 1.54) is 25.1 Å². The summed E-state index contributed by atoms with van der Waals surface area (Å²) < 4.78 is 30.3. The van der Waals surface area contributed by atoms with Crippen molar-refractivity contribution in [2.45, 2.75) is 25.3 Å². The summed E-state index contributed by atoms with van der Waals surface area (Å²) in [6.45, 7) is 0.801. The molecule has 0 saturated carbocycles. The second kappa shape index (κ2) is 9.31. The van der Waals surface area contributed by atoms with Gasteiger partial charge in [-0.3, -0.25) is 23.7 Å². The number of carboxylic acids is 1. The molecule has 1 aliphatic heterocycles. The number of ether oxygens (including phenoxy) is 1. The highest BCUT2D eigenvalue weighted by atomic mass is 31.2. The number of aromatic nitrogens is 2. The third-order valence-electron chi connectivity index (χ3n) is 4.11. The number of hydrogen-bond donors (Lipinski definition) is 4. The van der Waals surface area contributed by atoms with Crippen LogP contribution in [0.3, 0.4) is 0 Å². The molecule has 0 spiro atoms. The van der Waals surface area contributed by atoms with Gasteiger partial charge in [0.15, 0.2) is 0 Å². The summed E-state index contributed by atoms with van der Waals surface area (Å²) in [5, 5.41) is 21.6. The number of aromatic amines is 1. The first-order chi connectivity index (χ1) is 14.7. The van der Waals surface area contributed by atoms with Crippen LogP contribution in [0.25, 0.3) is 0 Å². The smallest absolute Gasteiger partial charge is 0.459 e. The van der Waals surface area contributed by atoms with Crippen molar-refractivity contribution < 1.29 is 33.4 Å². The quantitative estimate of drug-likeness (QED) is 0.394. The molecule has 2 heterocycles. The maximum Gasteiger partial charge on any atom is 0.459 e. The Bertz CT molecular complexity index is 1130. The van der Waals surface area contributed by atoms with Crippen molar-refractivity contribution in [1.82, 2.24) is 14.6 Å². The SMILES string of the molecule is CC(N[P@](=O)(OCC1=C[C@@H](O)[C@H](n2ccc(=O)[nH]c2=O)O1)Oc1ccccc1)C(=O)O. The maximum absolute atomic E-state index is 13.1. The number of rotatable bonds is 9. The van der Waals surface area contributed by atoms with Gasteiger partial charge < -0.3 is 19.5 Å². The van der Waals surface area contributed by atoms with Crippen LogP contribution in [0.2, 0.25) is 0 Å². The summed E-state index contributed by atoms with van der Waals surface area (Å²) in [6, 6.07) is 7.82. The number of carbonyl (C=O) groups is 1. The van der Waals surface area contributed by atoms with Gasteiger partial charge in [0.1, 0.15) is 30.3 Å². The number of carboxylic acid groups (broad SMARTS) is 1. The minimum Gasteiger partial charge on any atom is -0.480 e. The van der Waals surface area contributed by atoms with E-state index in [9.17, 15) is 24.1 Å². The van der Waals surface area contributed by atoms with Crippen molar-refractivity contribution >= 4 is 13.7 Å². The van der Waals surface area contributed by atoms with Gasteiger partial charge in [0, 0.05) is 12.3 Å². The Labute approximate surface area is 175 Å². The number of aliphatic carboxylic acids is 1. The molecule has 0 bridgehead atoms. The van der Waals surface area contributed by atoms with E-state index in [4.69, 9.17) is 18.9 Å². The fourth-order valence-electron chi connectivity index (χ4n) is 2.62. The molecule has 1 unspecified atom stereocenters. The van der Waals surface area contributed by atoms with Crippen LogP contribution in [0.1, 0.15) is 13.2 Å². The fraction of sp³-hybridized carbons (Fsp3) is 0.278. The summed E-state index contributed by atoms with van der Waals surface area (Å²) in [6.07, 6.45) is -0.0483. The zero-order valence-corrected chi connectivity index (χ0v) is 17.1. The molecule has 0 saturated heterocycles. The van der Waals surface area contributed by atoms with Crippen molar-refractivity contribution in [1.29, 1.82) is 0 Å². The fourth-order valence-corrected chi connectivity index (χ4v) is 4.08. The molecule has 1 aromatic carbocycles. The van der Waals surface area contributed by atoms with E-state index >= 15 is 0 Å². The minimum absolute atomic E-state index is 0.0252. The van der Waals surface area contributed by atoms with Crippen LogP contribution in [0, 0.1) is 0 Å². The van der Waals surface area contributed by atoms with E-state index in [0.717, 1.165) is 16.8 Å². The maximum atomic E-state index is 13.1. The van der Waals surface area contributed by atoms with Crippen LogP contribution >= 0.6 is 7.75 Å². The first kappa shape index (κ1) is 22.5. The average molecular weight is 453 g/mol. The first-order valence-electron chi connectivity index (χ1n) is 9.03. The van der Waals surface area contributed by atoms with Crippen molar-refractivity contribution in [2.75, 3.05) is 6.61 Å². The van der Waals surface area contributed by atoms with Gasteiger partial charge in [0.25, 0.3) is 5.56 Å². The minimum atomic E-state index is -4.18. The lowest BCUT2D eigenvalue weighted by atomic mass is 10.3. The second-order valence-electron chi connectivity index (χ2n) is 6.51. The van der Waals surface area contributed by atoms with Crippen LogP contribution in [-0.4, -0.2) is 44.5 Å². The lowest BCUT2D eigenvalue weighted by molar-refractivity contribution is -0.138. The highest BCUT2D eigenvalue weighted by molar-refractivity contribution is 7.52. The normalized spacial score (nSPS) is 20.9. The summed E-state index contributed by atoms with van der Waals surface area (Å²) >= 11 is 0. The molecule has 31 heavy (non-hydrogen) atoms. The number of nitrogens with one attached hydrogen (secondary N) is 2. The van der Waals surface area contributed by atoms with Crippen molar-refractivity contribution in [3.8, 4) is 5.75 Å². The first-order valence-corrected chi connectivity index (χ1v) is 10.6. The van der Waals surface area contributed by atoms with Gasteiger partial charge in [-0.15, -0.1) is 0 Å². The Hall–Kier alpha value is -3.18. The van der Waals surface area contributed by atoms with Gasteiger partial charge in [-0.1, -0.05) is 18.2 Å². The van der Waals surface area contributed by atoms with E-state index in [2.05, 4.69) is 5.09 Å². The molecular weight excluding hydrogens is 433 g/mol. The number of aliphatic hydroxyl groups is 1. The number of hydrogen-bond acceptors (Lipinski definition) is 8. The largest absolute Gasteiger partial charge is 0.480 e. The molecule has 0 aliphatic carbocycles. The van der Waals surface area contributed by atoms with Crippen LogP contribution in [0.5, 0.6) is 5.75 Å². The van der Waals surface area contributed by atoms with Gasteiger partial charge in [-0.25, -0.2) is 9.36 Å². The van der Waals surface area contributed by atoms with Crippen molar-refractivity contribution in [3.63, 3.8) is 0 Å². The van der Waals surface area contributed by atoms with Gasteiger partial charge in [0.05, 0.1) is 0 Å². The Morgan fingerprint density at radius 3 is 2.68 bits per heavy atom. The van der Waals surface area contributed by atoms with Crippen molar-refractivity contribution in [3.05, 3.63) is 75.3 Å². The Morgan fingerprint density at radius 1 is 1.32 bits per heavy atom. The molecular formula is C18H20N3O9P.